The molecule has 0 bridgehead atoms. The first kappa shape index (κ1) is 22.8. The number of hydrogen-bond acceptors (Lipinski definition) is 11. The lowest BCUT2D eigenvalue weighted by atomic mass is 10.0. The summed E-state index contributed by atoms with van der Waals surface area (Å²) in [6.07, 6.45) is -2.35. The maximum absolute atomic E-state index is 11.9. The van der Waals surface area contributed by atoms with Crippen LogP contribution in [0, 0.1) is 0 Å². The zero-order valence-corrected chi connectivity index (χ0v) is 17.2. The Bertz CT molecular complexity index is 796. The largest absolute Gasteiger partial charge is 0.478 e. The molecule has 0 aromatic carbocycles. The molecule has 0 saturated heterocycles. The first-order valence-corrected chi connectivity index (χ1v) is 8.94. The standard InChI is InChI=1S/C18H24N2O10/c1-9(21)26-12-11(8-20-16(24)30-18(3,4)5)28-15(23)14(13(12)27-10(2)22)29-17-19-6-7-25-17/h6-7,11-13,23H,8H2,1-5H3,(H,20,24). The number of amides is 1. The van der Waals surface area contributed by atoms with Crippen molar-refractivity contribution in [3.8, 4) is 6.08 Å². The van der Waals surface area contributed by atoms with E-state index in [2.05, 4.69) is 10.3 Å². The number of carbonyl (C=O) groups is 3. The first-order chi connectivity index (χ1) is 14.0. The molecule has 0 radical (unpaired) electrons. The quantitative estimate of drug-likeness (QED) is 0.501. The van der Waals surface area contributed by atoms with E-state index < -0.39 is 53.6 Å². The minimum Gasteiger partial charge on any atom is -0.478 e. The van der Waals surface area contributed by atoms with Gasteiger partial charge in [-0.25, -0.2) is 4.79 Å². The molecule has 0 saturated carbocycles. The Balaban J connectivity index is 2.28. The van der Waals surface area contributed by atoms with E-state index in [0.29, 0.717) is 0 Å². The van der Waals surface area contributed by atoms with Crippen LogP contribution in [0.4, 0.5) is 4.79 Å². The van der Waals surface area contributed by atoms with Gasteiger partial charge in [-0.3, -0.25) is 9.59 Å². The molecule has 12 heteroatoms. The number of ether oxygens (including phenoxy) is 5. The second-order valence-corrected chi connectivity index (χ2v) is 7.21. The topological polar surface area (TPSA) is 156 Å². The van der Waals surface area contributed by atoms with E-state index in [9.17, 15) is 19.5 Å². The summed E-state index contributed by atoms with van der Waals surface area (Å²) in [5.41, 5.74) is -0.744. The van der Waals surface area contributed by atoms with Gasteiger partial charge in [0.1, 0.15) is 11.9 Å². The maximum atomic E-state index is 11.9. The number of esters is 2. The van der Waals surface area contributed by atoms with Crippen molar-refractivity contribution in [2.24, 2.45) is 0 Å². The molecular formula is C18H24N2O10. The van der Waals surface area contributed by atoms with Gasteiger partial charge in [-0.05, 0) is 20.8 Å². The van der Waals surface area contributed by atoms with Crippen LogP contribution in [0.5, 0.6) is 6.08 Å². The van der Waals surface area contributed by atoms with E-state index in [4.69, 9.17) is 28.1 Å². The average Bonchev–Trinajstić information content (AvgIpc) is 3.10. The van der Waals surface area contributed by atoms with Crippen LogP contribution in [-0.2, 0) is 28.5 Å². The third kappa shape index (κ3) is 6.57. The Labute approximate surface area is 172 Å². The summed E-state index contributed by atoms with van der Waals surface area (Å²) in [5.74, 6) is -2.63. The van der Waals surface area contributed by atoms with Gasteiger partial charge in [0.2, 0.25) is 11.9 Å². The Hall–Kier alpha value is -3.44. The molecule has 2 N–H and O–H groups in total. The van der Waals surface area contributed by atoms with E-state index >= 15 is 0 Å². The zero-order valence-electron chi connectivity index (χ0n) is 17.2. The lowest BCUT2D eigenvalue weighted by molar-refractivity contribution is -0.186. The van der Waals surface area contributed by atoms with Crippen LogP contribution in [0.1, 0.15) is 34.6 Å². The molecule has 0 aliphatic carbocycles. The second-order valence-electron chi connectivity index (χ2n) is 7.21. The fourth-order valence-electron chi connectivity index (χ4n) is 2.48. The number of aromatic nitrogens is 1. The molecule has 166 valence electrons. The summed E-state index contributed by atoms with van der Waals surface area (Å²) in [7, 11) is 0. The molecule has 30 heavy (non-hydrogen) atoms. The molecule has 2 rings (SSSR count). The Morgan fingerprint density at radius 2 is 1.87 bits per heavy atom. The van der Waals surface area contributed by atoms with Crippen molar-refractivity contribution in [2.75, 3.05) is 6.54 Å². The molecule has 3 unspecified atom stereocenters. The summed E-state index contributed by atoms with van der Waals surface area (Å²) < 4.78 is 31.2. The fraction of sp³-hybridized carbons (Fsp3) is 0.556. The third-order valence-corrected chi connectivity index (χ3v) is 3.45. The van der Waals surface area contributed by atoms with Crippen molar-refractivity contribution >= 4 is 18.0 Å². The van der Waals surface area contributed by atoms with Crippen molar-refractivity contribution in [1.29, 1.82) is 0 Å². The fourth-order valence-corrected chi connectivity index (χ4v) is 2.48. The minimum atomic E-state index is -1.41. The van der Waals surface area contributed by atoms with Gasteiger partial charge < -0.3 is 38.5 Å². The molecule has 0 spiro atoms. The summed E-state index contributed by atoms with van der Waals surface area (Å²) in [5, 5.41) is 12.8. The van der Waals surface area contributed by atoms with Crippen LogP contribution in [-0.4, -0.2) is 58.6 Å². The molecule has 1 aromatic rings. The summed E-state index contributed by atoms with van der Waals surface area (Å²) in [6.45, 7) is 7.06. The Kier molecular flexibility index (Phi) is 7.14. The van der Waals surface area contributed by atoms with Crippen LogP contribution in [0.15, 0.2) is 28.6 Å². The first-order valence-electron chi connectivity index (χ1n) is 8.94. The van der Waals surface area contributed by atoms with E-state index in [1.54, 1.807) is 20.8 Å². The molecule has 1 amide bonds. The lowest BCUT2D eigenvalue weighted by Gasteiger charge is -2.36. The van der Waals surface area contributed by atoms with Gasteiger partial charge in [0.15, 0.2) is 12.2 Å². The molecule has 1 aromatic heterocycles. The van der Waals surface area contributed by atoms with Gasteiger partial charge >= 0.3 is 30.1 Å². The number of rotatable bonds is 6. The van der Waals surface area contributed by atoms with Crippen LogP contribution in [0.2, 0.25) is 0 Å². The van der Waals surface area contributed by atoms with Gasteiger partial charge in [-0.15, -0.1) is 0 Å². The van der Waals surface area contributed by atoms with Crippen LogP contribution < -0.4 is 10.1 Å². The number of hydrogen-bond donors (Lipinski definition) is 2. The smallest absolute Gasteiger partial charge is 0.407 e. The van der Waals surface area contributed by atoms with Crippen LogP contribution in [0.25, 0.3) is 0 Å². The van der Waals surface area contributed by atoms with E-state index in [1.165, 1.54) is 12.5 Å². The van der Waals surface area contributed by atoms with E-state index in [0.717, 1.165) is 13.8 Å². The normalized spacial score (nSPS) is 21.3. The summed E-state index contributed by atoms with van der Waals surface area (Å²) in [4.78, 5) is 39.0. The summed E-state index contributed by atoms with van der Waals surface area (Å²) >= 11 is 0. The number of nitrogens with one attached hydrogen (secondary N) is 1. The second kappa shape index (κ2) is 9.37. The molecule has 1 aliphatic heterocycles. The van der Waals surface area contributed by atoms with E-state index in [1.807, 2.05) is 0 Å². The molecule has 3 atom stereocenters. The van der Waals surface area contributed by atoms with Gasteiger partial charge in [0.05, 0.1) is 12.7 Å². The highest BCUT2D eigenvalue weighted by atomic mass is 16.7. The maximum Gasteiger partial charge on any atom is 0.407 e. The van der Waals surface area contributed by atoms with Crippen molar-refractivity contribution < 1.29 is 47.6 Å². The predicted molar refractivity (Wildman–Crippen MR) is 97.0 cm³/mol. The van der Waals surface area contributed by atoms with Gasteiger partial charge in [0.25, 0.3) is 0 Å². The highest BCUT2D eigenvalue weighted by molar-refractivity contribution is 5.68. The predicted octanol–water partition coefficient (Wildman–Crippen LogP) is 1.57. The van der Waals surface area contributed by atoms with Gasteiger partial charge in [0, 0.05) is 13.8 Å². The SMILES string of the molecule is CC(=O)OC1C(Oc2ncco2)=C(O)OC(CNC(=O)OC(C)(C)C)C1OC(C)=O. The number of oxazole rings is 1. The average molecular weight is 428 g/mol. The van der Waals surface area contributed by atoms with Crippen LogP contribution in [0.3, 0.4) is 0 Å². The molecule has 1 aliphatic rings. The van der Waals surface area contributed by atoms with Crippen molar-refractivity contribution in [3.63, 3.8) is 0 Å². The van der Waals surface area contributed by atoms with Gasteiger partial charge in [-0.2, -0.15) is 4.98 Å². The van der Waals surface area contributed by atoms with Crippen molar-refractivity contribution in [2.45, 2.75) is 58.5 Å². The van der Waals surface area contributed by atoms with Gasteiger partial charge in [-0.1, -0.05) is 0 Å². The third-order valence-electron chi connectivity index (χ3n) is 3.45. The zero-order chi connectivity index (χ0) is 22.5. The van der Waals surface area contributed by atoms with Crippen molar-refractivity contribution in [1.82, 2.24) is 10.3 Å². The summed E-state index contributed by atoms with van der Waals surface area (Å²) in [6, 6.07) is 0. The number of aliphatic hydroxyl groups excluding tert-OH is 1. The molecule has 0 fully saturated rings. The number of aliphatic hydroxyl groups is 1. The number of carbonyl (C=O) groups excluding carboxylic acids is 3. The lowest BCUT2D eigenvalue weighted by Crippen LogP contribution is -2.54. The van der Waals surface area contributed by atoms with E-state index in [-0.39, 0.29) is 12.6 Å². The number of alkyl carbamates (subject to hydrolysis) is 1. The highest BCUT2D eigenvalue weighted by Crippen LogP contribution is 2.30. The Morgan fingerprint density at radius 1 is 1.20 bits per heavy atom. The molecule has 2 heterocycles. The Morgan fingerprint density at radius 3 is 2.40 bits per heavy atom. The molecular weight excluding hydrogens is 404 g/mol. The van der Waals surface area contributed by atoms with Crippen LogP contribution >= 0.6 is 0 Å². The molecule has 12 nitrogen and oxygen atoms in total. The minimum absolute atomic E-state index is 0.249. The highest BCUT2D eigenvalue weighted by Gasteiger charge is 2.47. The monoisotopic (exact) mass is 428 g/mol. The van der Waals surface area contributed by atoms with Crippen molar-refractivity contribution in [3.05, 3.63) is 24.2 Å². The number of nitrogens with zero attached hydrogens (tertiary/aromatic N) is 1.